The highest BCUT2D eigenvalue weighted by molar-refractivity contribution is 5.92. The largest absolute Gasteiger partial charge is 0.481 e. The van der Waals surface area contributed by atoms with Crippen molar-refractivity contribution < 1.29 is 39.2 Å². The van der Waals surface area contributed by atoms with Gasteiger partial charge in [0.25, 0.3) is 0 Å². The van der Waals surface area contributed by atoms with Gasteiger partial charge in [-0.3, -0.25) is 9.59 Å². The third kappa shape index (κ3) is 15.8. The number of rotatable bonds is 25. The first kappa shape index (κ1) is 39.4. The Morgan fingerprint density at radius 1 is 0.911 bits per heavy atom. The van der Waals surface area contributed by atoms with Crippen molar-refractivity contribution in [3.8, 4) is 17.6 Å². The molecule has 250 valence electrons. The van der Waals surface area contributed by atoms with Crippen molar-refractivity contribution in [3.63, 3.8) is 0 Å². The Morgan fingerprint density at radius 3 is 2.09 bits per heavy atom. The second kappa shape index (κ2) is 22.8. The molecule has 3 atom stereocenters. The van der Waals surface area contributed by atoms with E-state index in [1.54, 1.807) is 44.2 Å². The van der Waals surface area contributed by atoms with E-state index >= 15 is 0 Å². The number of allylic oxidation sites excluding steroid dienone is 1. The number of carboxylic acid groups (broad SMARTS) is 2. The fraction of sp³-hybridized carbons (Fsp3) is 0.611. The molecule has 0 aliphatic rings. The van der Waals surface area contributed by atoms with Crippen LogP contribution in [0.15, 0.2) is 36.4 Å². The smallest absolute Gasteiger partial charge is 0.336 e. The number of amides is 1. The van der Waals surface area contributed by atoms with Crippen molar-refractivity contribution in [2.75, 3.05) is 6.61 Å². The third-order valence-corrected chi connectivity index (χ3v) is 7.73. The number of aliphatic carboxylic acids is 2. The molecule has 1 aromatic carbocycles. The summed E-state index contributed by atoms with van der Waals surface area (Å²) in [7, 11) is 0. The van der Waals surface area contributed by atoms with Gasteiger partial charge in [0, 0.05) is 19.3 Å². The number of ketones is 1. The maximum atomic E-state index is 13.4. The van der Waals surface area contributed by atoms with E-state index in [1.807, 2.05) is 0 Å². The summed E-state index contributed by atoms with van der Waals surface area (Å²) in [6.45, 7) is 5.80. The minimum absolute atomic E-state index is 0.0484. The van der Waals surface area contributed by atoms with Crippen LogP contribution >= 0.6 is 0 Å². The quantitative estimate of drug-likeness (QED) is 0.0564. The second-order valence-electron chi connectivity index (χ2n) is 11.5. The Balaban J connectivity index is 2.76. The maximum Gasteiger partial charge on any atom is 0.336 e. The van der Waals surface area contributed by atoms with Gasteiger partial charge in [-0.15, -0.1) is 5.92 Å². The summed E-state index contributed by atoms with van der Waals surface area (Å²) in [5, 5.41) is 33.2. The molecular formula is C36H53NO8. The standard InChI is InChI=1S/C36H53NO8/c1-4-7-9-12-15-18-29(38)19-16-13-10-11-14-17-20-31(36(44,25-6-3)35(42)43)33(39)37-32(34(40)41)27-28-21-23-30(24-22-28)45-26-8-5-2/h17,20-24,31-32,44H,4,6-7,9-16,18-19,25-27H2,1-3H3,(H,37,39)(H,40,41)(H,42,43)/b20-17+/t31-,32+,36+/m1/s1. The molecule has 0 saturated heterocycles. The van der Waals surface area contributed by atoms with E-state index in [1.165, 1.54) is 25.3 Å². The van der Waals surface area contributed by atoms with Gasteiger partial charge in [-0.05, 0) is 56.7 Å². The second-order valence-corrected chi connectivity index (χ2v) is 11.5. The molecular weight excluding hydrogens is 574 g/mol. The number of carboxylic acids is 2. The summed E-state index contributed by atoms with van der Waals surface area (Å²) >= 11 is 0. The zero-order valence-electron chi connectivity index (χ0n) is 27.3. The molecule has 0 spiro atoms. The monoisotopic (exact) mass is 627 g/mol. The van der Waals surface area contributed by atoms with Crippen molar-refractivity contribution in [1.82, 2.24) is 5.32 Å². The van der Waals surface area contributed by atoms with Gasteiger partial charge in [0.15, 0.2) is 5.60 Å². The van der Waals surface area contributed by atoms with Crippen LogP contribution in [0.4, 0.5) is 0 Å². The zero-order valence-corrected chi connectivity index (χ0v) is 27.3. The fourth-order valence-corrected chi connectivity index (χ4v) is 5.07. The van der Waals surface area contributed by atoms with Crippen molar-refractivity contribution in [1.29, 1.82) is 0 Å². The molecule has 0 bridgehead atoms. The van der Waals surface area contributed by atoms with Crippen LogP contribution in [-0.2, 0) is 25.6 Å². The minimum atomic E-state index is -2.39. The first-order valence-electron chi connectivity index (χ1n) is 16.4. The summed E-state index contributed by atoms with van der Waals surface area (Å²) in [6, 6.07) is 5.38. The van der Waals surface area contributed by atoms with Gasteiger partial charge in [-0.2, -0.15) is 0 Å². The van der Waals surface area contributed by atoms with E-state index in [-0.39, 0.29) is 19.4 Å². The highest BCUT2D eigenvalue weighted by Crippen LogP contribution is 2.27. The summed E-state index contributed by atoms with van der Waals surface area (Å²) in [6.07, 6.45) is 14.0. The van der Waals surface area contributed by atoms with Crippen molar-refractivity contribution in [2.24, 2.45) is 5.92 Å². The number of carbonyl (C=O) groups excluding carboxylic acids is 2. The molecule has 0 radical (unpaired) electrons. The number of benzene rings is 1. The first-order valence-corrected chi connectivity index (χ1v) is 16.4. The number of unbranched alkanes of at least 4 members (excludes halogenated alkanes) is 8. The molecule has 9 heteroatoms. The molecule has 1 rings (SSSR count). The van der Waals surface area contributed by atoms with E-state index in [0.29, 0.717) is 42.8 Å². The lowest BCUT2D eigenvalue weighted by molar-refractivity contribution is -0.167. The number of carbonyl (C=O) groups is 4. The van der Waals surface area contributed by atoms with Crippen molar-refractivity contribution in [2.45, 2.75) is 129 Å². The minimum Gasteiger partial charge on any atom is -0.481 e. The molecule has 9 nitrogen and oxygen atoms in total. The highest BCUT2D eigenvalue weighted by Gasteiger charge is 2.46. The summed E-state index contributed by atoms with van der Waals surface area (Å²) in [5.74, 6) is 1.21. The molecule has 4 N–H and O–H groups in total. The van der Waals surface area contributed by atoms with Crippen LogP contribution in [0.1, 0.15) is 116 Å². The van der Waals surface area contributed by atoms with Gasteiger partial charge in [0.2, 0.25) is 5.91 Å². The third-order valence-electron chi connectivity index (χ3n) is 7.73. The predicted molar refractivity (Wildman–Crippen MR) is 175 cm³/mol. The predicted octanol–water partition coefficient (Wildman–Crippen LogP) is 6.26. The van der Waals surface area contributed by atoms with Crippen LogP contribution in [-0.4, -0.2) is 57.2 Å². The average Bonchev–Trinajstić information content (AvgIpc) is 3.00. The van der Waals surface area contributed by atoms with Gasteiger partial charge >= 0.3 is 11.9 Å². The van der Waals surface area contributed by atoms with E-state index in [2.05, 4.69) is 24.1 Å². The summed E-state index contributed by atoms with van der Waals surface area (Å²) in [5.41, 5.74) is -1.77. The SMILES string of the molecule is CC#CCOc1ccc(C[C@H](NC(=O)[C@@H](/C=C/CCCCCCC(=O)CCCCCCC)[C@@](O)(CCC)C(=O)O)C(=O)O)cc1. The van der Waals surface area contributed by atoms with Crippen LogP contribution in [0, 0.1) is 17.8 Å². The fourth-order valence-electron chi connectivity index (χ4n) is 5.07. The molecule has 45 heavy (non-hydrogen) atoms. The maximum absolute atomic E-state index is 13.4. The number of aliphatic hydroxyl groups is 1. The van der Waals surface area contributed by atoms with Gasteiger partial charge in [-0.25, -0.2) is 9.59 Å². The Kier molecular flexibility index (Phi) is 20.0. The van der Waals surface area contributed by atoms with Crippen LogP contribution in [0.25, 0.3) is 0 Å². The molecule has 0 aliphatic heterocycles. The Labute approximate surface area is 268 Å². The van der Waals surface area contributed by atoms with E-state index < -0.39 is 35.4 Å². The van der Waals surface area contributed by atoms with E-state index in [4.69, 9.17) is 4.74 Å². The lowest BCUT2D eigenvalue weighted by atomic mass is 9.82. The van der Waals surface area contributed by atoms with Crippen molar-refractivity contribution in [3.05, 3.63) is 42.0 Å². The van der Waals surface area contributed by atoms with Gasteiger partial charge in [0.05, 0.1) is 5.92 Å². The molecule has 1 amide bonds. The number of hydrogen-bond donors (Lipinski definition) is 4. The van der Waals surface area contributed by atoms with Crippen LogP contribution in [0.2, 0.25) is 0 Å². The first-order chi connectivity index (χ1) is 21.6. The topological polar surface area (TPSA) is 150 Å². The average molecular weight is 628 g/mol. The van der Waals surface area contributed by atoms with E-state index in [0.717, 1.165) is 38.5 Å². The Hall–Kier alpha value is -3.64. The van der Waals surface area contributed by atoms with Crippen LogP contribution in [0.5, 0.6) is 5.75 Å². The van der Waals surface area contributed by atoms with Gasteiger partial charge in [0.1, 0.15) is 24.2 Å². The Bertz CT molecular complexity index is 1130. The summed E-state index contributed by atoms with van der Waals surface area (Å²) < 4.78 is 5.47. The Morgan fingerprint density at radius 2 is 1.53 bits per heavy atom. The number of ether oxygens (including phenoxy) is 1. The lowest BCUT2D eigenvalue weighted by Gasteiger charge is -2.30. The van der Waals surface area contributed by atoms with E-state index in [9.17, 15) is 34.5 Å². The van der Waals surface area contributed by atoms with Gasteiger partial charge < -0.3 is 25.4 Å². The van der Waals surface area contributed by atoms with Crippen LogP contribution < -0.4 is 10.1 Å². The van der Waals surface area contributed by atoms with Crippen molar-refractivity contribution >= 4 is 23.6 Å². The molecule has 0 saturated carbocycles. The summed E-state index contributed by atoms with van der Waals surface area (Å²) in [4.78, 5) is 49.6. The normalized spacial score (nSPS) is 13.7. The molecule has 0 fully saturated rings. The molecule has 0 aromatic heterocycles. The zero-order chi connectivity index (χ0) is 33.5. The van der Waals surface area contributed by atoms with Crippen LogP contribution in [0.3, 0.4) is 0 Å². The molecule has 1 aromatic rings. The molecule has 0 unspecified atom stereocenters. The van der Waals surface area contributed by atoms with Gasteiger partial charge in [-0.1, -0.05) is 89.0 Å². The number of hydrogen-bond acceptors (Lipinski definition) is 6. The molecule has 0 aliphatic carbocycles. The lowest BCUT2D eigenvalue weighted by Crippen LogP contribution is -2.54. The molecule has 0 heterocycles. The number of nitrogens with one attached hydrogen (secondary N) is 1. The number of Topliss-reactive ketones (excluding diaryl/α,β-unsaturated/α-hetero) is 1. The highest BCUT2D eigenvalue weighted by atomic mass is 16.5.